The number of ether oxygens (including phenoxy) is 1. The van der Waals surface area contributed by atoms with E-state index in [2.05, 4.69) is 66.0 Å². The number of fused-ring (bicyclic) bond motifs is 1. The molecule has 0 aliphatic rings. The average Bonchev–Trinajstić information content (AvgIpc) is 2.77. The highest BCUT2D eigenvalue weighted by Gasteiger charge is 2.04. The molecule has 3 nitrogen and oxygen atoms in total. The van der Waals surface area contributed by atoms with Crippen molar-refractivity contribution in [3.63, 3.8) is 0 Å². The first-order valence-corrected chi connectivity index (χ1v) is 9.61. The van der Waals surface area contributed by atoms with E-state index in [0.29, 0.717) is 6.54 Å². The molecule has 0 unspecified atom stereocenters. The molecule has 0 aliphatic carbocycles. The summed E-state index contributed by atoms with van der Waals surface area (Å²) in [6, 6.07) is 29.4. The molecule has 0 amide bonds. The van der Waals surface area contributed by atoms with Gasteiger partial charge in [0, 0.05) is 17.5 Å². The third-order valence-electron chi connectivity index (χ3n) is 4.95. The molecule has 0 aliphatic heterocycles. The molecule has 3 heteroatoms. The van der Waals surface area contributed by atoms with Crippen molar-refractivity contribution in [2.45, 2.75) is 19.4 Å². The third-order valence-corrected chi connectivity index (χ3v) is 4.95. The van der Waals surface area contributed by atoms with Gasteiger partial charge in [-0.1, -0.05) is 54.6 Å². The fraction of sp³-hybridized carbons (Fsp3) is 0.160. The van der Waals surface area contributed by atoms with E-state index in [0.717, 1.165) is 35.5 Å². The van der Waals surface area contributed by atoms with Gasteiger partial charge in [0.2, 0.25) is 0 Å². The SMILES string of the molecule is COc1ccccc1CNc1ccc2cc(CCc3ccccc3)ccc2n1. The molecule has 3 aromatic carbocycles. The minimum atomic E-state index is 0.678. The van der Waals surface area contributed by atoms with Gasteiger partial charge in [-0.2, -0.15) is 0 Å². The monoisotopic (exact) mass is 368 g/mol. The molecule has 0 radical (unpaired) electrons. The predicted molar refractivity (Wildman–Crippen MR) is 116 cm³/mol. The van der Waals surface area contributed by atoms with Crippen molar-refractivity contribution in [2.75, 3.05) is 12.4 Å². The van der Waals surface area contributed by atoms with Gasteiger partial charge in [-0.25, -0.2) is 4.98 Å². The Morgan fingerprint density at radius 2 is 1.57 bits per heavy atom. The van der Waals surface area contributed by atoms with E-state index in [9.17, 15) is 0 Å². The average molecular weight is 368 g/mol. The van der Waals surface area contributed by atoms with Crippen LogP contribution in [0.1, 0.15) is 16.7 Å². The Kier molecular flexibility index (Phi) is 5.53. The summed E-state index contributed by atoms with van der Waals surface area (Å²) >= 11 is 0. The number of methoxy groups -OCH3 is 1. The quantitative estimate of drug-likeness (QED) is 0.458. The molecule has 0 atom stereocenters. The number of anilines is 1. The molecule has 0 bridgehead atoms. The second-order valence-corrected chi connectivity index (χ2v) is 6.87. The molecule has 4 rings (SSSR count). The van der Waals surface area contributed by atoms with Crippen LogP contribution in [0, 0.1) is 0 Å². The molecule has 0 spiro atoms. The van der Waals surface area contributed by atoms with Crippen molar-refractivity contribution in [3.05, 3.63) is 102 Å². The first kappa shape index (κ1) is 18.1. The normalized spacial score (nSPS) is 10.8. The van der Waals surface area contributed by atoms with Crippen LogP contribution in [0.3, 0.4) is 0 Å². The number of nitrogens with one attached hydrogen (secondary N) is 1. The Morgan fingerprint density at radius 1 is 0.786 bits per heavy atom. The van der Waals surface area contributed by atoms with E-state index in [1.54, 1.807) is 7.11 Å². The molecule has 0 fully saturated rings. The van der Waals surface area contributed by atoms with Crippen molar-refractivity contribution in [3.8, 4) is 5.75 Å². The Labute approximate surface area is 166 Å². The summed E-state index contributed by atoms with van der Waals surface area (Å²) in [6.07, 6.45) is 2.09. The van der Waals surface area contributed by atoms with E-state index in [1.165, 1.54) is 16.5 Å². The van der Waals surface area contributed by atoms with Crippen LogP contribution in [-0.4, -0.2) is 12.1 Å². The van der Waals surface area contributed by atoms with Crippen molar-refractivity contribution >= 4 is 16.7 Å². The van der Waals surface area contributed by atoms with E-state index in [4.69, 9.17) is 9.72 Å². The summed E-state index contributed by atoms with van der Waals surface area (Å²) in [6.45, 7) is 0.678. The molecule has 1 N–H and O–H groups in total. The van der Waals surface area contributed by atoms with Gasteiger partial charge in [0.05, 0.1) is 12.6 Å². The summed E-state index contributed by atoms with van der Waals surface area (Å²) in [5.41, 5.74) is 4.83. The van der Waals surface area contributed by atoms with E-state index >= 15 is 0 Å². The highest BCUT2D eigenvalue weighted by atomic mass is 16.5. The lowest BCUT2D eigenvalue weighted by Crippen LogP contribution is -2.03. The second-order valence-electron chi connectivity index (χ2n) is 6.87. The molecule has 28 heavy (non-hydrogen) atoms. The Morgan fingerprint density at radius 3 is 2.43 bits per heavy atom. The first-order chi connectivity index (χ1) is 13.8. The van der Waals surface area contributed by atoms with Gasteiger partial charge < -0.3 is 10.1 Å². The molecule has 0 saturated carbocycles. The van der Waals surface area contributed by atoms with Gasteiger partial charge in [0.1, 0.15) is 11.6 Å². The summed E-state index contributed by atoms with van der Waals surface area (Å²) < 4.78 is 5.41. The fourth-order valence-corrected chi connectivity index (χ4v) is 3.40. The zero-order valence-corrected chi connectivity index (χ0v) is 16.1. The van der Waals surface area contributed by atoms with Gasteiger partial charge >= 0.3 is 0 Å². The largest absolute Gasteiger partial charge is 0.496 e. The number of hydrogen-bond donors (Lipinski definition) is 1. The topological polar surface area (TPSA) is 34.1 Å². The van der Waals surface area contributed by atoms with Crippen LogP contribution in [0.4, 0.5) is 5.82 Å². The fourth-order valence-electron chi connectivity index (χ4n) is 3.40. The van der Waals surface area contributed by atoms with Crippen molar-refractivity contribution in [2.24, 2.45) is 0 Å². The predicted octanol–water partition coefficient (Wildman–Crippen LogP) is 5.64. The van der Waals surface area contributed by atoms with Gasteiger partial charge in [-0.05, 0) is 54.3 Å². The number of aromatic nitrogens is 1. The standard InChI is InChI=1S/C25H24N2O/c1-28-24-10-6-5-9-22(24)18-26-25-16-14-21-17-20(13-15-23(21)27-25)12-11-19-7-3-2-4-8-19/h2-10,13-17H,11-12,18H2,1H3,(H,26,27). The van der Waals surface area contributed by atoms with E-state index in [1.807, 2.05) is 24.3 Å². The maximum absolute atomic E-state index is 5.41. The summed E-state index contributed by atoms with van der Waals surface area (Å²) in [5, 5.41) is 4.57. The molecule has 4 aromatic rings. The van der Waals surface area contributed by atoms with Crippen molar-refractivity contribution in [1.82, 2.24) is 4.98 Å². The number of hydrogen-bond acceptors (Lipinski definition) is 3. The summed E-state index contributed by atoms with van der Waals surface area (Å²) in [5.74, 6) is 1.76. The lowest BCUT2D eigenvalue weighted by molar-refractivity contribution is 0.410. The maximum atomic E-state index is 5.41. The first-order valence-electron chi connectivity index (χ1n) is 9.61. The van der Waals surface area contributed by atoms with Crippen molar-refractivity contribution in [1.29, 1.82) is 0 Å². The number of rotatable bonds is 7. The Bertz CT molecular complexity index is 1060. The second kappa shape index (κ2) is 8.57. The lowest BCUT2D eigenvalue weighted by Gasteiger charge is -2.11. The molecule has 1 aromatic heterocycles. The highest BCUT2D eigenvalue weighted by molar-refractivity contribution is 5.81. The molecule has 140 valence electrons. The zero-order chi connectivity index (χ0) is 19.2. The summed E-state index contributed by atoms with van der Waals surface area (Å²) in [7, 11) is 1.70. The van der Waals surface area contributed by atoms with Crippen LogP contribution in [-0.2, 0) is 19.4 Å². The smallest absolute Gasteiger partial charge is 0.126 e. The van der Waals surface area contributed by atoms with Crippen LogP contribution < -0.4 is 10.1 Å². The Balaban J connectivity index is 1.44. The van der Waals surface area contributed by atoms with E-state index in [-0.39, 0.29) is 0 Å². The minimum absolute atomic E-state index is 0.678. The zero-order valence-electron chi connectivity index (χ0n) is 16.1. The van der Waals surface area contributed by atoms with Gasteiger partial charge in [-0.15, -0.1) is 0 Å². The van der Waals surface area contributed by atoms with Crippen LogP contribution in [0.25, 0.3) is 10.9 Å². The van der Waals surface area contributed by atoms with Gasteiger partial charge in [0.25, 0.3) is 0 Å². The van der Waals surface area contributed by atoms with Crippen LogP contribution in [0.15, 0.2) is 84.9 Å². The van der Waals surface area contributed by atoms with Crippen LogP contribution in [0.2, 0.25) is 0 Å². The molecule has 0 saturated heterocycles. The molecule has 1 heterocycles. The highest BCUT2D eigenvalue weighted by Crippen LogP contribution is 2.21. The maximum Gasteiger partial charge on any atom is 0.126 e. The number of benzene rings is 3. The minimum Gasteiger partial charge on any atom is -0.496 e. The van der Waals surface area contributed by atoms with Gasteiger partial charge in [0.15, 0.2) is 0 Å². The number of nitrogens with zero attached hydrogens (tertiary/aromatic N) is 1. The van der Waals surface area contributed by atoms with Crippen molar-refractivity contribution < 1.29 is 4.74 Å². The number of para-hydroxylation sites is 1. The summed E-state index contributed by atoms with van der Waals surface area (Å²) in [4.78, 5) is 4.75. The lowest BCUT2D eigenvalue weighted by atomic mass is 10.0. The molecular weight excluding hydrogens is 344 g/mol. The number of aryl methyl sites for hydroxylation is 2. The molecular formula is C25H24N2O. The van der Waals surface area contributed by atoms with Gasteiger partial charge in [-0.3, -0.25) is 0 Å². The Hall–Kier alpha value is -3.33. The van der Waals surface area contributed by atoms with E-state index < -0.39 is 0 Å². The van der Waals surface area contributed by atoms with Crippen LogP contribution in [0.5, 0.6) is 5.75 Å². The third kappa shape index (κ3) is 4.32. The van der Waals surface area contributed by atoms with Crippen LogP contribution >= 0.6 is 0 Å². The number of pyridine rings is 1.